The normalized spacial score (nSPS) is 15.3. The summed E-state index contributed by atoms with van der Waals surface area (Å²) in [5, 5.41) is 11.1. The van der Waals surface area contributed by atoms with Gasteiger partial charge in [-0.15, -0.1) is 10.2 Å². The van der Waals surface area contributed by atoms with Crippen molar-refractivity contribution in [1.82, 2.24) is 24.9 Å². The van der Waals surface area contributed by atoms with Crippen molar-refractivity contribution in [3.63, 3.8) is 0 Å². The van der Waals surface area contributed by atoms with E-state index in [1.54, 1.807) is 24.3 Å². The molecule has 3 heterocycles. The summed E-state index contributed by atoms with van der Waals surface area (Å²) in [6.45, 7) is 0.166. The van der Waals surface area contributed by atoms with Gasteiger partial charge in [-0.05, 0) is 18.2 Å². The highest BCUT2D eigenvalue weighted by molar-refractivity contribution is 5.95. The van der Waals surface area contributed by atoms with Crippen molar-refractivity contribution in [2.45, 2.75) is 12.3 Å². The molecule has 32 heavy (non-hydrogen) atoms. The van der Waals surface area contributed by atoms with Crippen LogP contribution in [0.15, 0.2) is 42.6 Å². The smallest absolute Gasteiger partial charge is 0.434 e. The van der Waals surface area contributed by atoms with Crippen LogP contribution in [-0.4, -0.2) is 64.2 Å². The molecule has 0 spiro atoms. The molecular weight excluding hydrogens is 431 g/mol. The number of fused-ring (bicyclic) bond motifs is 1. The Morgan fingerprint density at radius 3 is 2.62 bits per heavy atom. The topological polar surface area (TPSA) is 91.6 Å². The second kappa shape index (κ2) is 8.36. The van der Waals surface area contributed by atoms with E-state index in [2.05, 4.69) is 15.3 Å². The average molecular weight is 449 g/mol. The molecule has 0 aliphatic carbocycles. The fourth-order valence-electron chi connectivity index (χ4n) is 3.23. The van der Waals surface area contributed by atoms with Gasteiger partial charge in [-0.1, -0.05) is 12.1 Å². The molecular formula is C20H18F3N5O4. The molecule has 0 saturated carbocycles. The lowest BCUT2D eigenvalue weighted by Crippen LogP contribution is -2.42. The van der Waals surface area contributed by atoms with Crippen LogP contribution in [0.25, 0.3) is 5.82 Å². The van der Waals surface area contributed by atoms with Gasteiger partial charge >= 0.3 is 6.18 Å². The summed E-state index contributed by atoms with van der Waals surface area (Å²) in [7, 11) is 2.74. The third-order valence-corrected chi connectivity index (χ3v) is 4.71. The number of nitrogens with zero attached hydrogens (tertiary/aromatic N) is 5. The maximum absolute atomic E-state index is 13.9. The van der Waals surface area contributed by atoms with Crippen LogP contribution in [-0.2, 0) is 6.18 Å². The number of benzene rings is 1. The number of halogens is 3. The van der Waals surface area contributed by atoms with Gasteiger partial charge in [0.1, 0.15) is 6.61 Å². The summed E-state index contributed by atoms with van der Waals surface area (Å²) in [6.07, 6.45) is -4.55. The van der Waals surface area contributed by atoms with Crippen molar-refractivity contribution in [2.24, 2.45) is 0 Å². The minimum atomic E-state index is -4.87. The van der Waals surface area contributed by atoms with Gasteiger partial charge in [0.2, 0.25) is 5.88 Å². The van der Waals surface area contributed by atoms with E-state index in [1.807, 2.05) is 0 Å². The van der Waals surface area contributed by atoms with E-state index in [9.17, 15) is 18.0 Å². The number of carbonyl (C=O) groups is 1. The maximum atomic E-state index is 13.9. The van der Waals surface area contributed by atoms with Crippen molar-refractivity contribution < 1.29 is 32.2 Å². The first-order chi connectivity index (χ1) is 15.3. The number of likely N-dealkylation sites (N-methyl/N-ethyl adjacent to an activating group) is 1. The fourth-order valence-corrected chi connectivity index (χ4v) is 3.23. The number of hydrogen-bond donors (Lipinski definition) is 0. The molecule has 9 nitrogen and oxygen atoms in total. The summed E-state index contributed by atoms with van der Waals surface area (Å²) in [5.41, 5.74) is -1.87. The highest BCUT2D eigenvalue weighted by Crippen LogP contribution is 2.34. The van der Waals surface area contributed by atoms with Crippen LogP contribution in [0.2, 0.25) is 0 Å². The number of para-hydroxylation sites is 2. The van der Waals surface area contributed by atoms with Gasteiger partial charge in [-0.2, -0.15) is 18.3 Å². The third-order valence-electron chi connectivity index (χ3n) is 4.71. The van der Waals surface area contributed by atoms with Crippen molar-refractivity contribution in [1.29, 1.82) is 0 Å². The van der Waals surface area contributed by atoms with Crippen LogP contribution in [0, 0.1) is 0 Å². The van der Waals surface area contributed by atoms with Crippen LogP contribution in [0.5, 0.6) is 17.4 Å². The molecule has 1 aliphatic heterocycles. The zero-order valence-electron chi connectivity index (χ0n) is 17.0. The fraction of sp³-hybridized carbons (Fsp3) is 0.300. The lowest BCUT2D eigenvalue weighted by molar-refractivity contribution is -0.143. The minimum absolute atomic E-state index is 0.0119. The molecule has 2 aromatic heterocycles. The predicted octanol–water partition coefficient (Wildman–Crippen LogP) is 2.60. The van der Waals surface area contributed by atoms with Gasteiger partial charge in [0.25, 0.3) is 5.91 Å². The number of rotatable bonds is 5. The summed E-state index contributed by atoms with van der Waals surface area (Å²) < 4.78 is 58.4. The van der Waals surface area contributed by atoms with E-state index in [0.29, 0.717) is 16.2 Å². The van der Waals surface area contributed by atoms with Crippen LogP contribution in [0.4, 0.5) is 13.2 Å². The SMILES string of the molecule is COc1ccc(-n2ncc(C(=O)N(C)C[C@H]3COc4ccccc4O3)c2C(F)(F)F)nn1. The van der Waals surface area contributed by atoms with Gasteiger partial charge in [0.15, 0.2) is 29.1 Å². The number of aromatic nitrogens is 4. The highest BCUT2D eigenvalue weighted by atomic mass is 19.4. The quantitative estimate of drug-likeness (QED) is 0.591. The average Bonchev–Trinajstić information content (AvgIpc) is 3.24. The Bertz CT molecular complexity index is 1120. The number of alkyl halides is 3. The Morgan fingerprint density at radius 1 is 1.22 bits per heavy atom. The van der Waals surface area contributed by atoms with E-state index in [1.165, 1.54) is 26.3 Å². The molecule has 4 rings (SSSR count). The van der Waals surface area contributed by atoms with Crippen molar-refractivity contribution in [2.75, 3.05) is 27.3 Å². The molecule has 168 valence electrons. The van der Waals surface area contributed by atoms with Crippen LogP contribution in [0.3, 0.4) is 0 Å². The predicted molar refractivity (Wildman–Crippen MR) is 104 cm³/mol. The van der Waals surface area contributed by atoms with Gasteiger partial charge in [0, 0.05) is 13.1 Å². The van der Waals surface area contributed by atoms with Crippen LogP contribution < -0.4 is 14.2 Å². The molecule has 1 amide bonds. The molecule has 0 unspecified atom stereocenters. The Hall–Kier alpha value is -3.83. The minimum Gasteiger partial charge on any atom is -0.486 e. The Morgan fingerprint density at radius 2 is 1.97 bits per heavy atom. The van der Waals surface area contributed by atoms with E-state index >= 15 is 0 Å². The number of hydrogen-bond acceptors (Lipinski definition) is 7. The summed E-state index contributed by atoms with van der Waals surface area (Å²) in [6, 6.07) is 9.62. The Labute approximate surface area is 180 Å². The largest absolute Gasteiger partial charge is 0.486 e. The molecule has 0 fully saturated rings. The highest BCUT2D eigenvalue weighted by Gasteiger charge is 2.41. The molecule has 1 atom stereocenters. The molecule has 12 heteroatoms. The number of amides is 1. The van der Waals surface area contributed by atoms with Gasteiger partial charge in [-0.3, -0.25) is 4.79 Å². The van der Waals surface area contributed by atoms with Crippen molar-refractivity contribution in [3.05, 3.63) is 53.9 Å². The van der Waals surface area contributed by atoms with Gasteiger partial charge < -0.3 is 19.1 Å². The zero-order chi connectivity index (χ0) is 22.9. The lowest BCUT2D eigenvalue weighted by atomic mass is 10.2. The van der Waals surface area contributed by atoms with E-state index in [0.717, 1.165) is 11.1 Å². The lowest BCUT2D eigenvalue weighted by Gasteiger charge is -2.29. The van der Waals surface area contributed by atoms with E-state index in [-0.39, 0.29) is 24.8 Å². The first-order valence-electron chi connectivity index (χ1n) is 9.45. The summed E-state index contributed by atoms with van der Waals surface area (Å²) in [5.74, 6) is 0.125. The first kappa shape index (κ1) is 21.4. The molecule has 0 saturated heterocycles. The number of methoxy groups -OCH3 is 1. The Balaban J connectivity index is 1.57. The third kappa shape index (κ3) is 4.15. The zero-order valence-corrected chi connectivity index (χ0v) is 17.0. The van der Waals surface area contributed by atoms with Crippen molar-refractivity contribution >= 4 is 5.91 Å². The molecule has 0 N–H and O–H groups in total. The number of ether oxygens (including phenoxy) is 3. The second-order valence-corrected chi connectivity index (χ2v) is 6.93. The van der Waals surface area contributed by atoms with Crippen LogP contribution >= 0.6 is 0 Å². The molecule has 0 bridgehead atoms. The maximum Gasteiger partial charge on any atom is 0.434 e. The second-order valence-electron chi connectivity index (χ2n) is 6.93. The van der Waals surface area contributed by atoms with Gasteiger partial charge in [-0.25, -0.2) is 4.68 Å². The summed E-state index contributed by atoms with van der Waals surface area (Å²) in [4.78, 5) is 14.0. The first-order valence-corrected chi connectivity index (χ1v) is 9.45. The molecule has 1 aliphatic rings. The monoisotopic (exact) mass is 449 g/mol. The standard InChI is InChI=1S/C20H18F3N5O4/c1-27(10-12-11-31-14-5-3-4-6-15(14)32-12)19(29)13-9-24-28(18(13)20(21,22)23)16-7-8-17(30-2)26-25-16/h3-9,12H,10-11H2,1-2H3/t12-/m0/s1. The molecule has 0 radical (unpaired) electrons. The Kier molecular flexibility index (Phi) is 5.59. The molecule has 1 aromatic carbocycles. The number of carbonyl (C=O) groups excluding carboxylic acids is 1. The van der Waals surface area contributed by atoms with Gasteiger partial charge in [0.05, 0.1) is 25.4 Å². The molecule has 3 aromatic rings. The van der Waals surface area contributed by atoms with E-state index < -0.39 is 29.4 Å². The van der Waals surface area contributed by atoms with Crippen molar-refractivity contribution in [3.8, 4) is 23.2 Å². The van der Waals surface area contributed by atoms with E-state index in [4.69, 9.17) is 14.2 Å². The van der Waals surface area contributed by atoms with Crippen LogP contribution in [0.1, 0.15) is 16.1 Å². The summed E-state index contributed by atoms with van der Waals surface area (Å²) >= 11 is 0.